The number of nitrogens with two attached hydrogens (primary N) is 1. The molecule has 0 unspecified atom stereocenters. The van der Waals surface area contributed by atoms with E-state index < -0.39 is 0 Å². The fourth-order valence-electron chi connectivity index (χ4n) is 2.25. The molecule has 0 fully saturated rings. The summed E-state index contributed by atoms with van der Waals surface area (Å²) in [5.41, 5.74) is 10.3. The molecule has 2 heterocycles. The number of nitrogens with zero attached hydrogens (tertiary/aromatic N) is 1. The van der Waals surface area contributed by atoms with Gasteiger partial charge in [-0.1, -0.05) is 0 Å². The number of rotatable bonds is 3. The van der Waals surface area contributed by atoms with Gasteiger partial charge in [0.2, 0.25) is 0 Å². The van der Waals surface area contributed by atoms with Crippen LogP contribution in [0.1, 0.15) is 11.1 Å². The molecule has 4 heteroatoms. The molecule has 0 saturated carbocycles. The summed E-state index contributed by atoms with van der Waals surface area (Å²) in [5, 5.41) is 7.15. The van der Waals surface area contributed by atoms with Crippen molar-refractivity contribution in [3.05, 3.63) is 35.5 Å². The molecule has 2 aromatic rings. The van der Waals surface area contributed by atoms with Gasteiger partial charge in [-0.25, -0.2) is 0 Å². The third-order valence-corrected chi connectivity index (χ3v) is 3.11. The number of nitrogens with one attached hydrogen (secondary N) is 1. The van der Waals surface area contributed by atoms with Crippen LogP contribution >= 0.6 is 0 Å². The van der Waals surface area contributed by atoms with Crippen molar-refractivity contribution < 1.29 is 4.74 Å². The number of fused-ring (bicyclic) bond motifs is 1. The van der Waals surface area contributed by atoms with E-state index in [2.05, 4.69) is 22.3 Å². The van der Waals surface area contributed by atoms with Crippen LogP contribution < -0.4 is 10.5 Å². The first kappa shape index (κ1) is 10.4. The predicted octanol–water partition coefficient (Wildman–Crippen LogP) is 1.51. The Morgan fingerprint density at radius 3 is 3.24 bits per heavy atom. The lowest BCUT2D eigenvalue weighted by Gasteiger charge is -2.04. The second-order valence-electron chi connectivity index (χ2n) is 4.23. The van der Waals surface area contributed by atoms with Gasteiger partial charge in [-0.05, 0) is 42.3 Å². The molecular formula is C13H15N3O. The van der Waals surface area contributed by atoms with Crippen LogP contribution in [0.2, 0.25) is 0 Å². The van der Waals surface area contributed by atoms with Crippen LogP contribution in [0.25, 0.3) is 11.3 Å². The molecule has 0 amide bonds. The number of aromatic amines is 1. The van der Waals surface area contributed by atoms with Crippen molar-refractivity contribution in [1.82, 2.24) is 10.2 Å². The maximum atomic E-state index is 5.60. The summed E-state index contributed by atoms with van der Waals surface area (Å²) in [7, 11) is 0. The number of hydrogen-bond donors (Lipinski definition) is 2. The van der Waals surface area contributed by atoms with Crippen molar-refractivity contribution >= 4 is 0 Å². The predicted molar refractivity (Wildman–Crippen MR) is 66.0 cm³/mol. The summed E-state index contributed by atoms with van der Waals surface area (Å²) in [4.78, 5) is 0. The zero-order valence-electron chi connectivity index (χ0n) is 9.57. The summed E-state index contributed by atoms with van der Waals surface area (Å²) >= 11 is 0. The standard InChI is InChI=1S/C13H15N3O/c14-5-3-11-8-15-16-13(11)10-1-2-12-9(7-10)4-6-17-12/h1-2,7-8H,3-6,14H2,(H,15,16). The lowest BCUT2D eigenvalue weighted by atomic mass is 10.0. The normalized spacial score (nSPS) is 13.5. The Morgan fingerprint density at radius 2 is 2.35 bits per heavy atom. The van der Waals surface area contributed by atoms with E-state index in [0.29, 0.717) is 6.54 Å². The number of hydrogen-bond acceptors (Lipinski definition) is 3. The molecule has 88 valence electrons. The van der Waals surface area contributed by atoms with E-state index in [0.717, 1.165) is 36.5 Å². The second-order valence-corrected chi connectivity index (χ2v) is 4.23. The van der Waals surface area contributed by atoms with Crippen LogP contribution in [0, 0.1) is 0 Å². The highest BCUT2D eigenvalue weighted by molar-refractivity contribution is 5.65. The minimum absolute atomic E-state index is 0.639. The van der Waals surface area contributed by atoms with Crippen LogP contribution in [0.3, 0.4) is 0 Å². The van der Waals surface area contributed by atoms with E-state index in [4.69, 9.17) is 10.5 Å². The Hall–Kier alpha value is -1.81. The Morgan fingerprint density at radius 1 is 1.41 bits per heavy atom. The minimum Gasteiger partial charge on any atom is -0.493 e. The number of H-pyrrole nitrogens is 1. The van der Waals surface area contributed by atoms with E-state index in [1.54, 1.807) is 0 Å². The summed E-state index contributed by atoms with van der Waals surface area (Å²) < 4.78 is 5.50. The van der Waals surface area contributed by atoms with Gasteiger partial charge in [0.05, 0.1) is 18.5 Å². The number of aromatic nitrogens is 2. The first-order chi connectivity index (χ1) is 8.38. The van der Waals surface area contributed by atoms with Gasteiger partial charge in [0.1, 0.15) is 5.75 Å². The van der Waals surface area contributed by atoms with Gasteiger partial charge in [-0.2, -0.15) is 5.10 Å². The quantitative estimate of drug-likeness (QED) is 0.838. The molecule has 1 aromatic carbocycles. The Labute approximate surface area is 99.8 Å². The van der Waals surface area contributed by atoms with Crippen LogP contribution in [0.15, 0.2) is 24.4 Å². The van der Waals surface area contributed by atoms with E-state index in [1.807, 2.05) is 12.3 Å². The molecule has 0 radical (unpaired) electrons. The summed E-state index contributed by atoms with van der Waals surface area (Å²) in [6.45, 7) is 1.43. The van der Waals surface area contributed by atoms with Crippen molar-refractivity contribution in [2.24, 2.45) is 5.73 Å². The SMILES string of the molecule is NCCc1cn[nH]c1-c1ccc2c(c1)CCO2. The van der Waals surface area contributed by atoms with E-state index >= 15 is 0 Å². The number of benzene rings is 1. The first-order valence-corrected chi connectivity index (χ1v) is 5.87. The molecule has 0 atom stereocenters. The van der Waals surface area contributed by atoms with Gasteiger partial charge >= 0.3 is 0 Å². The van der Waals surface area contributed by atoms with Crippen LogP contribution in [-0.4, -0.2) is 23.3 Å². The Balaban J connectivity index is 2.00. The fourth-order valence-corrected chi connectivity index (χ4v) is 2.25. The zero-order chi connectivity index (χ0) is 11.7. The molecule has 0 bridgehead atoms. The molecule has 3 N–H and O–H groups in total. The van der Waals surface area contributed by atoms with Gasteiger partial charge < -0.3 is 10.5 Å². The summed E-state index contributed by atoms with van der Waals surface area (Å²) in [6.07, 6.45) is 3.69. The lowest BCUT2D eigenvalue weighted by molar-refractivity contribution is 0.357. The van der Waals surface area contributed by atoms with Crippen molar-refractivity contribution in [2.75, 3.05) is 13.2 Å². The van der Waals surface area contributed by atoms with E-state index in [1.165, 1.54) is 11.1 Å². The largest absolute Gasteiger partial charge is 0.493 e. The third kappa shape index (κ3) is 1.80. The van der Waals surface area contributed by atoms with Gasteiger partial charge in [-0.3, -0.25) is 5.10 Å². The molecule has 0 saturated heterocycles. The van der Waals surface area contributed by atoms with Crippen LogP contribution in [0.5, 0.6) is 5.75 Å². The molecule has 0 aliphatic carbocycles. The highest BCUT2D eigenvalue weighted by Crippen LogP contribution is 2.30. The molecule has 1 aliphatic heterocycles. The molecule has 0 spiro atoms. The maximum Gasteiger partial charge on any atom is 0.122 e. The van der Waals surface area contributed by atoms with Crippen molar-refractivity contribution in [3.63, 3.8) is 0 Å². The zero-order valence-corrected chi connectivity index (χ0v) is 9.57. The third-order valence-electron chi connectivity index (χ3n) is 3.11. The molecule has 4 nitrogen and oxygen atoms in total. The van der Waals surface area contributed by atoms with Gasteiger partial charge in [0.15, 0.2) is 0 Å². The lowest BCUT2D eigenvalue weighted by Crippen LogP contribution is -2.02. The monoisotopic (exact) mass is 229 g/mol. The topological polar surface area (TPSA) is 63.9 Å². The highest BCUT2D eigenvalue weighted by atomic mass is 16.5. The van der Waals surface area contributed by atoms with Crippen LogP contribution in [-0.2, 0) is 12.8 Å². The maximum absolute atomic E-state index is 5.60. The van der Waals surface area contributed by atoms with Gasteiger partial charge in [0, 0.05) is 12.0 Å². The second kappa shape index (κ2) is 4.22. The highest BCUT2D eigenvalue weighted by Gasteiger charge is 2.14. The van der Waals surface area contributed by atoms with Crippen molar-refractivity contribution in [3.8, 4) is 17.0 Å². The van der Waals surface area contributed by atoms with Gasteiger partial charge in [-0.15, -0.1) is 0 Å². The average Bonchev–Trinajstić information content (AvgIpc) is 2.96. The summed E-state index contributed by atoms with van der Waals surface area (Å²) in [5.74, 6) is 1.01. The van der Waals surface area contributed by atoms with Crippen LogP contribution in [0.4, 0.5) is 0 Å². The molecule has 17 heavy (non-hydrogen) atoms. The fraction of sp³-hybridized carbons (Fsp3) is 0.308. The minimum atomic E-state index is 0.639. The smallest absolute Gasteiger partial charge is 0.122 e. The number of ether oxygens (including phenoxy) is 1. The Bertz CT molecular complexity index is 533. The van der Waals surface area contributed by atoms with Crippen molar-refractivity contribution in [1.29, 1.82) is 0 Å². The summed E-state index contributed by atoms with van der Waals surface area (Å²) in [6, 6.07) is 6.28. The van der Waals surface area contributed by atoms with E-state index in [9.17, 15) is 0 Å². The molecular weight excluding hydrogens is 214 g/mol. The molecule has 1 aliphatic rings. The van der Waals surface area contributed by atoms with Gasteiger partial charge in [0.25, 0.3) is 0 Å². The average molecular weight is 229 g/mol. The Kier molecular flexibility index (Phi) is 2.57. The molecule has 3 rings (SSSR count). The molecule has 1 aromatic heterocycles. The first-order valence-electron chi connectivity index (χ1n) is 5.87. The van der Waals surface area contributed by atoms with E-state index in [-0.39, 0.29) is 0 Å². The van der Waals surface area contributed by atoms with Crippen molar-refractivity contribution in [2.45, 2.75) is 12.8 Å².